The number of para-hydroxylation sites is 1. The molecule has 1 fully saturated rings. The van der Waals surface area contributed by atoms with E-state index in [0.717, 1.165) is 19.4 Å². The predicted molar refractivity (Wildman–Crippen MR) is 131 cm³/mol. The number of hydrogen-bond acceptors (Lipinski definition) is 3. The molecule has 168 valence electrons. The summed E-state index contributed by atoms with van der Waals surface area (Å²) in [6.45, 7) is 5.57. The molecule has 0 N–H and O–H groups in total. The molecule has 0 saturated carbocycles. The van der Waals surface area contributed by atoms with Crippen LogP contribution in [0.4, 0.5) is 0 Å². The molecule has 0 spiro atoms. The van der Waals surface area contributed by atoms with Gasteiger partial charge in [0.1, 0.15) is 0 Å². The Kier molecular flexibility index (Phi) is 6.16. The van der Waals surface area contributed by atoms with Crippen LogP contribution in [0, 0.1) is 18.8 Å². The first kappa shape index (κ1) is 21.8. The number of aryl methyl sites for hydroxylation is 1. The molecule has 2 aliphatic heterocycles. The van der Waals surface area contributed by atoms with Gasteiger partial charge < -0.3 is 0 Å². The third-order valence-corrected chi connectivity index (χ3v) is 9.60. The number of carbonyl (C=O) groups is 1. The van der Waals surface area contributed by atoms with Crippen LogP contribution in [0.2, 0.25) is 5.32 Å². The van der Waals surface area contributed by atoms with Gasteiger partial charge in [-0.15, -0.1) is 0 Å². The fourth-order valence-electron chi connectivity index (χ4n) is 6.08. The van der Waals surface area contributed by atoms with Gasteiger partial charge in [-0.05, 0) is 0 Å². The van der Waals surface area contributed by atoms with Crippen molar-refractivity contribution < 1.29 is 9.53 Å². The summed E-state index contributed by atoms with van der Waals surface area (Å²) >= 11 is 0.461. The molecule has 1 saturated heterocycles. The summed E-state index contributed by atoms with van der Waals surface area (Å²) < 4.78 is 9.63. The van der Waals surface area contributed by atoms with E-state index < -0.39 is 0 Å². The average Bonchev–Trinajstić information content (AvgIpc) is 3.09. The number of piperidine rings is 1. The Morgan fingerprint density at radius 1 is 1.12 bits per heavy atom. The predicted octanol–water partition coefficient (Wildman–Crippen LogP) is 4.51. The molecule has 2 aromatic carbocycles. The van der Waals surface area contributed by atoms with Gasteiger partial charge in [0.15, 0.2) is 0 Å². The SMILES string of the molecule is CCOC(=O)[C@H]1c2c(C)c3ccccc3n2[C@H]2[C@H](CC[Se]c3ccccc3)[C@@H]1CCN2C. The van der Waals surface area contributed by atoms with Gasteiger partial charge in [-0.1, -0.05) is 0 Å². The van der Waals surface area contributed by atoms with Crippen molar-refractivity contribution in [3.05, 3.63) is 65.9 Å². The molecule has 5 rings (SSSR count). The van der Waals surface area contributed by atoms with Crippen molar-refractivity contribution in [3.63, 3.8) is 0 Å². The summed E-state index contributed by atoms with van der Waals surface area (Å²) in [6.07, 6.45) is 2.51. The molecule has 1 aromatic heterocycles. The van der Waals surface area contributed by atoms with Gasteiger partial charge in [0.25, 0.3) is 0 Å². The normalized spacial score (nSPS) is 25.0. The van der Waals surface area contributed by atoms with Crippen molar-refractivity contribution in [2.45, 2.75) is 44.1 Å². The number of fused-ring (bicyclic) bond motifs is 6. The van der Waals surface area contributed by atoms with Gasteiger partial charge >= 0.3 is 197 Å². The van der Waals surface area contributed by atoms with Crippen LogP contribution >= 0.6 is 0 Å². The molecule has 3 aromatic rings. The minimum atomic E-state index is -0.165. The van der Waals surface area contributed by atoms with Gasteiger partial charge in [0, 0.05) is 0 Å². The van der Waals surface area contributed by atoms with E-state index in [2.05, 4.69) is 78.0 Å². The monoisotopic (exact) mass is 496 g/mol. The van der Waals surface area contributed by atoms with E-state index in [4.69, 9.17) is 4.74 Å². The molecule has 4 atom stereocenters. The Morgan fingerprint density at radius 2 is 1.88 bits per heavy atom. The van der Waals surface area contributed by atoms with Crippen molar-refractivity contribution in [1.82, 2.24) is 9.47 Å². The fourth-order valence-corrected chi connectivity index (χ4v) is 8.13. The Hall–Kier alpha value is -2.07. The fraction of sp³-hybridized carbons (Fsp3) is 0.444. The Bertz CT molecular complexity index is 1110. The van der Waals surface area contributed by atoms with Crippen LogP contribution < -0.4 is 4.46 Å². The quantitative estimate of drug-likeness (QED) is 0.373. The van der Waals surface area contributed by atoms with Crippen molar-refractivity contribution in [1.29, 1.82) is 0 Å². The van der Waals surface area contributed by atoms with Crippen LogP contribution in [0.15, 0.2) is 54.6 Å². The van der Waals surface area contributed by atoms with Gasteiger partial charge in [0.05, 0.1) is 0 Å². The van der Waals surface area contributed by atoms with E-state index in [1.807, 2.05) is 6.92 Å². The van der Waals surface area contributed by atoms with Gasteiger partial charge in [-0.2, -0.15) is 0 Å². The van der Waals surface area contributed by atoms with E-state index in [0.29, 0.717) is 39.6 Å². The molecule has 0 unspecified atom stereocenters. The number of likely N-dealkylation sites (tertiary alicyclic amines) is 1. The number of nitrogens with zero attached hydrogens (tertiary/aromatic N) is 2. The number of esters is 1. The summed E-state index contributed by atoms with van der Waals surface area (Å²) in [6, 6.07) is 19.5. The molecule has 0 aliphatic carbocycles. The zero-order valence-electron chi connectivity index (χ0n) is 19.2. The molecular weight excluding hydrogens is 463 g/mol. The van der Waals surface area contributed by atoms with Crippen molar-refractivity contribution >= 4 is 36.3 Å². The molecule has 5 heteroatoms. The van der Waals surface area contributed by atoms with Crippen molar-refractivity contribution in [2.24, 2.45) is 11.8 Å². The molecule has 2 bridgehead atoms. The summed E-state index contributed by atoms with van der Waals surface area (Å²) in [5, 5.41) is 2.47. The van der Waals surface area contributed by atoms with E-state index in [9.17, 15) is 4.79 Å². The molecule has 2 aliphatic rings. The summed E-state index contributed by atoms with van der Waals surface area (Å²) in [4.78, 5) is 15.9. The third-order valence-electron chi connectivity index (χ3n) is 7.40. The van der Waals surface area contributed by atoms with Crippen LogP contribution in [-0.4, -0.2) is 50.6 Å². The summed E-state index contributed by atoms with van der Waals surface area (Å²) in [7, 11) is 2.26. The van der Waals surface area contributed by atoms with Gasteiger partial charge in [0.2, 0.25) is 0 Å². The maximum atomic E-state index is 13.4. The minimum absolute atomic E-state index is 0.0359. The van der Waals surface area contributed by atoms with Crippen LogP contribution in [-0.2, 0) is 9.53 Å². The second-order valence-electron chi connectivity index (χ2n) is 9.09. The molecule has 3 heterocycles. The first-order valence-electron chi connectivity index (χ1n) is 11.8. The van der Waals surface area contributed by atoms with Crippen LogP contribution in [0.5, 0.6) is 0 Å². The number of rotatable bonds is 6. The van der Waals surface area contributed by atoms with Crippen molar-refractivity contribution in [2.75, 3.05) is 20.2 Å². The zero-order chi connectivity index (χ0) is 22.2. The van der Waals surface area contributed by atoms with E-state index >= 15 is 0 Å². The Morgan fingerprint density at radius 3 is 2.66 bits per heavy atom. The van der Waals surface area contributed by atoms with Crippen LogP contribution in [0.1, 0.15) is 43.1 Å². The second kappa shape index (κ2) is 9.05. The second-order valence-corrected chi connectivity index (χ2v) is 11.5. The average molecular weight is 496 g/mol. The van der Waals surface area contributed by atoms with Crippen LogP contribution in [0.25, 0.3) is 10.9 Å². The molecule has 0 amide bonds. The number of aromatic nitrogens is 1. The Balaban J connectivity index is 1.57. The van der Waals surface area contributed by atoms with E-state index in [1.54, 1.807) is 0 Å². The number of benzene rings is 2. The first-order valence-corrected chi connectivity index (χ1v) is 13.8. The van der Waals surface area contributed by atoms with Gasteiger partial charge in [-0.25, -0.2) is 0 Å². The molecule has 4 nitrogen and oxygen atoms in total. The molecule has 32 heavy (non-hydrogen) atoms. The third kappa shape index (κ3) is 3.61. The van der Waals surface area contributed by atoms with E-state index in [1.165, 1.54) is 31.9 Å². The number of carbonyl (C=O) groups excluding carboxylic acids is 1. The number of ether oxygens (including phenoxy) is 1. The maximum absolute atomic E-state index is 13.4. The Labute approximate surface area is 197 Å². The zero-order valence-corrected chi connectivity index (χ0v) is 20.9. The topological polar surface area (TPSA) is 34.5 Å². The summed E-state index contributed by atoms with van der Waals surface area (Å²) in [5.74, 6) is 0.599. The number of hydrogen-bond donors (Lipinski definition) is 0. The van der Waals surface area contributed by atoms with Crippen molar-refractivity contribution in [3.8, 4) is 0 Å². The summed E-state index contributed by atoms with van der Waals surface area (Å²) in [5.41, 5.74) is 3.69. The molecular formula is C27H32N2O2Se. The van der Waals surface area contributed by atoms with Gasteiger partial charge in [-0.3, -0.25) is 0 Å². The van der Waals surface area contributed by atoms with Crippen LogP contribution in [0.3, 0.4) is 0 Å². The standard InChI is InChI=1S/C27H32N2O2Se/c1-4-31-27(30)24-21-14-16-28(3)26(22(21)15-17-32-19-10-6-5-7-11-19)29-23-13-9-8-12-20(23)18(2)25(24)29/h5-13,21-22,24,26H,4,14-17H2,1-3H3/t21-,22+,24+,26-/m0/s1. The first-order chi connectivity index (χ1) is 15.6. The molecule has 0 radical (unpaired) electrons. The van der Waals surface area contributed by atoms with E-state index in [-0.39, 0.29) is 11.9 Å².